The van der Waals surface area contributed by atoms with Crippen molar-refractivity contribution in [3.8, 4) is 0 Å². The summed E-state index contributed by atoms with van der Waals surface area (Å²) in [5.41, 5.74) is 0.179. The van der Waals surface area contributed by atoms with E-state index in [0.29, 0.717) is 31.4 Å². The number of carboxylic acid groups (broad SMARTS) is 1. The fraction of sp³-hybridized carbons (Fsp3) is 0.462. The molecule has 6 nitrogen and oxygen atoms in total. The first-order valence-corrected chi connectivity index (χ1v) is 7.27. The van der Waals surface area contributed by atoms with Crippen molar-refractivity contribution in [1.82, 2.24) is 0 Å². The van der Waals surface area contributed by atoms with E-state index in [9.17, 15) is 14.9 Å². The molecule has 0 aromatic heterocycles. The molecule has 0 spiro atoms. The van der Waals surface area contributed by atoms with Crippen LogP contribution in [0.5, 0.6) is 0 Å². The molecule has 2 N–H and O–H groups in total. The average Bonchev–Trinajstić information content (AvgIpc) is 2.43. The van der Waals surface area contributed by atoms with Gasteiger partial charge in [0.05, 0.1) is 20.9 Å². The number of hydrogen-bond donors (Lipinski definition) is 2. The molecule has 0 unspecified atom stereocenters. The van der Waals surface area contributed by atoms with Crippen molar-refractivity contribution >= 4 is 40.5 Å². The number of carbonyl (C=O) groups is 1. The first-order chi connectivity index (χ1) is 9.88. The summed E-state index contributed by atoms with van der Waals surface area (Å²) >= 11 is 11.7. The Hall–Kier alpha value is -1.53. The van der Waals surface area contributed by atoms with Gasteiger partial charge < -0.3 is 10.4 Å². The van der Waals surface area contributed by atoms with Crippen molar-refractivity contribution in [1.29, 1.82) is 0 Å². The van der Waals surface area contributed by atoms with Gasteiger partial charge in [-0.05, 0) is 31.7 Å². The number of benzene rings is 1. The molecule has 114 valence electrons. The van der Waals surface area contributed by atoms with Gasteiger partial charge in [-0.15, -0.1) is 0 Å². The van der Waals surface area contributed by atoms with Gasteiger partial charge in [-0.2, -0.15) is 0 Å². The van der Waals surface area contributed by atoms with Gasteiger partial charge in [-0.1, -0.05) is 23.2 Å². The van der Waals surface area contributed by atoms with E-state index in [4.69, 9.17) is 28.3 Å². The van der Waals surface area contributed by atoms with Crippen LogP contribution in [-0.4, -0.2) is 22.0 Å². The summed E-state index contributed by atoms with van der Waals surface area (Å²) in [4.78, 5) is 21.4. The van der Waals surface area contributed by atoms with Crippen molar-refractivity contribution < 1.29 is 14.8 Å². The van der Waals surface area contributed by atoms with Gasteiger partial charge in [-0.3, -0.25) is 14.9 Å². The number of nitrogens with one attached hydrogen (secondary N) is 1. The Morgan fingerprint density at radius 1 is 1.24 bits per heavy atom. The third kappa shape index (κ3) is 3.77. The molecule has 0 bridgehead atoms. The molecule has 2 rings (SSSR count). The summed E-state index contributed by atoms with van der Waals surface area (Å²) in [6.07, 6.45) is 2.41. The van der Waals surface area contributed by atoms with Gasteiger partial charge in [0, 0.05) is 12.1 Å². The minimum atomic E-state index is -0.783. The Kier molecular flexibility index (Phi) is 4.90. The predicted molar refractivity (Wildman–Crippen MR) is 80.1 cm³/mol. The summed E-state index contributed by atoms with van der Waals surface area (Å²) in [5, 5.41) is 23.5. The molecule has 0 saturated heterocycles. The second kappa shape index (κ2) is 6.49. The lowest BCUT2D eigenvalue weighted by atomic mass is 9.86. The molecule has 0 amide bonds. The lowest BCUT2D eigenvalue weighted by Crippen LogP contribution is -2.29. The molecule has 1 aliphatic rings. The lowest BCUT2D eigenvalue weighted by Gasteiger charge is -2.27. The van der Waals surface area contributed by atoms with Gasteiger partial charge in [0.15, 0.2) is 0 Å². The maximum atomic E-state index is 11.1. The Morgan fingerprint density at radius 3 is 2.33 bits per heavy atom. The monoisotopic (exact) mass is 332 g/mol. The number of anilines is 1. The van der Waals surface area contributed by atoms with Crippen LogP contribution in [0.2, 0.25) is 10.0 Å². The van der Waals surface area contributed by atoms with E-state index in [0.717, 1.165) is 0 Å². The molecular weight excluding hydrogens is 319 g/mol. The molecule has 8 heteroatoms. The second-order valence-electron chi connectivity index (χ2n) is 5.07. The molecular formula is C13H14Cl2N2O4. The van der Waals surface area contributed by atoms with Crippen molar-refractivity contribution in [2.75, 3.05) is 5.32 Å². The van der Waals surface area contributed by atoms with Crippen LogP contribution in [0.25, 0.3) is 0 Å². The summed E-state index contributed by atoms with van der Waals surface area (Å²) in [5.74, 6) is -1.11. The topological polar surface area (TPSA) is 92.5 Å². The number of hydrogen-bond acceptors (Lipinski definition) is 4. The van der Waals surface area contributed by atoms with Crippen molar-refractivity contribution in [2.45, 2.75) is 31.7 Å². The number of nitrogens with zero attached hydrogens (tertiary/aromatic N) is 1. The Bertz CT molecular complexity index is 572. The van der Waals surface area contributed by atoms with Crippen LogP contribution in [0.1, 0.15) is 25.7 Å². The van der Waals surface area contributed by atoms with Crippen molar-refractivity contribution in [3.63, 3.8) is 0 Å². The zero-order valence-corrected chi connectivity index (χ0v) is 12.5. The average molecular weight is 333 g/mol. The molecule has 1 aromatic carbocycles. The molecule has 0 aliphatic heterocycles. The minimum absolute atomic E-state index is 0.00320. The van der Waals surface area contributed by atoms with E-state index in [1.807, 2.05) is 0 Å². The molecule has 1 aromatic rings. The van der Waals surface area contributed by atoms with Gasteiger partial charge in [-0.25, -0.2) is 0 Å². The number of halogens is 2. The largest absolute Gasteiger partial charge is 0.481 e. The highest BCUT2D eigenvalue weighted by atomic mass is 35.5. The number of rotatable bonds is 4. The van der Waals surface area contributed by atoms with Crippen LogP contribution >= 0.6 is 23.2 Å². The van der Waals surface area contributed by atoms with Gasteiger partial charge >= 0.3 is 5.97 Å². The summed E-state index contributed by atoms with van der Waals surface area (Å²) in [6, 6.07) is 2.65. The normalized spacial score (nSPS) is 21.8. The first-order valence-electron chi connectivity index (χ1n) is 6.51. The highest BCUT2D eigenvalue weighted by Gasteiger charge is 2.27. The lowest BCUT2D eigenvalue weighted by molar-refractivity contribution is -0.384. The maximum absolute atomic E-state index is 11.1. The standard InChI is InChI=1S/C13H14Cl2N2O4/c14-9-5-11(12(17(20)21)6-10(9)15)16-8-3-1-7(2-4-8)13(18)19/h5-8,16H,1-4H2,(H,18,19). The zero-order valence-electron chi connectivity index (χ0n) is 11.0. The van der Waals surface area contributed by atoms with E-state index in [-0.39, 0.29) is 27.7 Å². The van der Waals surface area contributed by atoms with Crippen molar-refractivity contribution in [3.05, 3.63) is 32.3 Å². The fourth-order valence-corrected chi connectivity index (χ4v) is 2.83. The quantitative estimate of drug-likeness (QED) is 0.643. The Labute approximate surface area is 131 Å². The van der Waals surface area contributed by atoms with E-state index < -0.39 is 10.9 Å². The van der Waals surface area contributed by atoms with Crippen LogP contribution in [0.3, 0.4) is 0 Å². The van der Waals surface area contributed by atoms with Crippen LogP contribution in [0.4, 0.5) is 11.4 Å². The van der Waals surface area contributed by atoms with E-state index >= 15 is 0 Å². The molecule has 0 radical (unpaired) electrons. The molecule has 21 heavy (non-hydrogen) atoms. The number of aliphatic carboxylic acids is 1. The SMILES string of the molecule is O=C(O)C1CCC(Nc2cc(Cl)c(Cl)cc2[N+](=O)[O-])CC1. The fourth-order valence-electron chi connectivity index (χ4n) is 2.51. The Balaban J connectivity index is 2.11. The van der Waals surface area contributed by atoms with Crippen LogP contribution in [0, 0.1) is 16.0 Å². The molecule has 1 saturated carbocycles. The minimum Gasteiger partial charge on any atom is -0.481 e. The van der Waals surface area contributed by atoms with Crippen molar-refractivity contribution in [2.24, 2.45) is 5.92 Å². The van der Waals surface area contributed by atoms with Gasteiger partial charge in [0.1, 0.15) is 5.69 Å². The zero-order chi connectivity index (χ0) is 15.6. The smallest absolute Gasteiger partial charge is 0.306 e. The first kappa shape index (κ1) is 15.9. The summed E-state index contributed by atoms with van der Waals surface area (Å²) in [7, 11) is 0. The highest BCUT2D eigenvalue weighted by molar-refractivity contribution is 6.42. The van der Waals surface area contributed by atoms with E-state index in [2.05, 4.69) is 5.32 Å². The van der Waals surface area contributed by atoms with Gasteiger partial charge in [0.25, 0.3) is 5.69 Å². The van der Waals surface area contributed by atoms with E-state index in [1.165, 1.54) is 12.1 Å². The number of nitro benzene ring substituents is 1. The molecule has 0 atom stereocenters. The molecule has 1 aliphatic carbocycles. The van der Waals surface area contributed by atoms with Crippen LogP contribution < -0.4 is 5.32 Å². The molecule has 0 heterocycles. The van der Waals surface area contributed by atoms with Crippen LogP contribution in [-0.2, 0) is 4.79 Å². The number of carboxylic acids is 1. The maximum Gasteiger partial charge on any atom is 0.306 e. The van der Waals surface area contributed by atoms with Crippen LogP contribution in [0.15, 0.2) is 12.1 Å². The van der Waals surface area contributed by atoms with Gasteiger partial charge in [0.2, 0.25) is 0 Å². The summed E-state index contributed by atoms with van der Waals surface area (Å²) in [6.45, 7) is 0. The van der Waals surface area contributed by atoms with E-state index in [1.54, 1.807) is 0 Å². The second-order valence-corrected chi connectivity index (χ2v) is 5.89. The number of nitro groups is 1. The Morgan fingerprint density at radius 2 is 1.81 bits per heavy atom. The third-order valence-corrected chi connectivity index (χ3v) is 4.39. The predicted octanol–water partition coefficient (Wildman–Crippen LogP) is 3.96. The highest BCUT2D eigenvalue weighted by Crippen LogP contribution is 2.36. The summed E-state index contributed by atoms with van der Waals surface area (Å²) < 4.78 is 0. The third-order valence-electron chi connectivity index (χ3n) is 3.67. The molecule has 1 fully saturated rings.